The highest BCUT2D eigenvalue weighted by Gasteiger charge is 2.02. The van der Waals surface area contributed by atoms with Gasteiger partial charge >= 0.3 is 0 Å². The topological polar surface area (TPSA) is 39.1 Å². The molecule has 4 nitrogen and oxygen atoms in total. The number of nitrogens with zero attached hydrogens (tertiary/aromatic N) is 2. The van der Waals surface area contributed by atoms with Crippen molar-refractivity contribution in [2.45, 2.75) is 40.3 Å². The van der Waals surface area contributed by atoms with Gasteiger partial charge in [-0.25, -0.2) is 0 Å². The van der Waals surface area contributed by atoms with Crippen molar-refractivity contribution in [2.75, 3.05) is 19.8 Å². The molecule has 0 radical (unpaired) electrons. The summed E-state index contributed by atoms with van der Waals surface area (Å²) < 4.78 is 7.49. The molecule has 0 bridgehead atoms. The molecule has 0 aliphatic heterocycles. The molecule has 0 saturated carbocycles. The fourth-order valence-electron chi connectivity index (χ4n) is 1.60. The quantitative estimate of drug-likeness (QED) is 0.670. The summed E-state index contributed by atoms with van der Waals surface area (Å²) in [5.74, 6) is 0.680. The number of hydrogen-bond donors (Lipinski definition) is 1. The van der Waals surface area contributed by atoms with Crippen LogP contribution in [0.1, 0.15) is 32.9 Å². The zero-order chi connectivity index (χ0) is 12.5. The van der Waals surface area contributed by atoms with E-state index in [-0.39, 0.29) is 0 Å². The monoisotopic (exact) mass is 239 g/mol. The van der Waals surface area contributed by atoms with E-state index in [1.807, 2.05) is 10.9 Å². The van der Waals surface area contributed by atoms with Gasteiger partial charge in [0.05, 0.1) is 18.8 Å². The maximum atomic E-state index is 5.47. The average Bonchev–Trinajstić information content (AvgIpc) is 2.72. The Labute approximate surface area is 104 Å². The Morgan fingerprint density at radius 3 is 2.94 bits per heavy atom. The maximum Gasteiger partial charge on any atom is 0.0662 e. The minimum Gasteiger partial charge on any atom is -0.380 e. The summed E-state index contributed by atoms with van der Waals surface area (Å²) >= 11 is 0. The summed E-state index contributed by atoms with van der Waals surface area (Å²) in [4.78, 5) is 0. The fraction of sp³-hybridized carbons (Fsp3) is 0.769. The van der Waals surface area contributed by atoms with Gasteiger partial charge in [0.1, 0.15) is 0 Å². The Hall–Kier alpha value is -0.870. The van der Waals surface area contributed by atoms with Crippen LogP contribution in [-0.2, 0) is 17.8 Å². The first kappa shape index (κ1) is 14.2. The lowest BCUT2D eigenvalue weighted by Crippen LogP contribution is -2.22. The third kappa shape index (κ3) is 5.84. The Bertz CT molecular complexity index is 297. The van der Waals surface area contributed by atoms with E-state index in [1.165, 1.54) is 5.69 Å². The molecule has 4 heteroatoms. The van der Waals surface area contributed by atoms with Gasteiger partial charge < -0.3 is 10.1 Å². The van der Waals surface area contributed by atoms with Gasteiger partial charge in [0, 0.05) is 19.3 Å². The second kappa shape index (κ2) is 8.25. The van der Waals surface area contributed by atoms with Crippen molar-refractivity contribution in [3.63, 3.8) is 0 Å². The van der Waals surface area contributed by atoms with E-state index in [9.17, 15) is 0 Å². The summed E-state index contributed by atoms with van der Waals surface area (Å²) in [5.41, 5.74) is 1.23. The van der Waals surface area contributed by atoms with Gasteiger partial charge in [-0.15, -0.1) is 0 Å². The van der Waals surface area contributed by atoms with Gasteiger partial charge in [-0.2, -0.15) is 5.10 Å². The van der Waals surface area contributed by atoms with Crippen molar-refractivity contribution >= 4 is 0 Å². The molecular weight excluding hydrogens is 214 g/mol. The summed E-state index contributed by atoms with van der Waals surface area (Å²) in [6.07, 6.45) is 2.92. The predicted molar refractivity (Wildman–Crippen MR) is 69.9 cm³/mol. The SMILES string of the molecule is CCCOCCn1nccc1CNCC(C)C. The Morgan fingerprint density at radius 2 is 2.24 bits per heavy atom. The first-order chi connectivity index (χ1) is 8.24. The average molecular weight is 239 g/mol. The first-order valence-electron chi connectivity index (χ1n) is 6.53. The minimum absolute atomic E-state index is 0.680. The van der Waals surface area contributed by atoms with Crippen LogP contribution in [0.15, 0.2) is 12.3 Å². The summed E-state index contributed by atoms with van der Waals surface area (Å²) in [5, 5.41) is 7.74. The Kier molecular flexibility index (Phi) is 6.89. The van der Waals surface area contributed by atoms with Gasteiger partial charge in [-0.3, -0.25) is 4.68 Å². The first-order valence-corrected chi connectivity index (χ1v) is 6.53. The molecule has 1 rings (SSSR count). The highest BCUT2D eigenvalue weighted by molar-refractivity contribution is 4.99. The summed E-state index contributed by atoms with van der Waals surface area (Å²) in [6, 6.07) is 2.06. The summed E-state index contributed by atoms with van der Waals surface area (Å²) in [7, 11) is 0. The molecule has 1 aromatic heterocycles. The van der Waals surface area contributed by atoms with E-state index < -0.39 is 0 Å². The molecule has 0 amide bonds. The lowest BCUT2D eigenvalue weighted by atomic mass is 10.2. The van der Waals surface area contributed by atoms with Crippen LogP contribution in [0.3, 0.4) is 0 Å². The second-order valence-electron chi connectivity index (χ2n) is 4.68. The number of nitrogens with one attached hydrogen (secondary N) is 1. The second-order valence-corrected chi connectivity index (χ2v) is 4.68. The Balaban J connectivity index is 2.27. The van der Waals surface area contributed by atoms with E-state index in [0.29, 0.717) is 5.92 Å². The van der Waals surface area contributed by atoms with E-state index >= 15 is 0 Å². The van der Waals surface area contributed by atoms with Crippen LogP contribution in [0.5, 0.6) is 0 Å². The number of rotatable bonds is 9. The van der Waals surface area contributed by atoms with E-state index in [4.69, 9.17) is 4.74 Å². The van der Waals surface area contributed by atoms with Crippen molar-refractivity contribution in [3.05, 3.63) is 18.0 Å². The van der Waals surface area contributed by atoms with Crippen LogP contribution in [0.25, 0.3) is 0 Å². The standard InChI is InChI=1S/C13H25N3O/c1-4-8-17-9-7-16-13(5-6-15-16)11-14-10-12(2)3/h5-6,12,14H,4,7-11H2,1-3H3. The predicted octanol–water partition coefficient (Wildman–Crippen LogP) is 2.06. The molecule has 0 aliphatic rings. The molecule has 0 atom stereocenters. The normalized spacial score (nSPS) is 11.3. The minimum atomic E-state index is 0.680. The molecule has 0 spiro atoms. The van der Waals surface area contributed by atoms with Gasteiger partial charge in [-0.05, 0) is 24.9 Å². The van der Waals surface area contributed by atoms with Gasteiger partial charge in [-0.1, -0.05) is 20.8 Å². The van der Waals surface area contributed by atoms with Crippen molar-refractivity contribution < 1.29 is 4.74 Å². The van der Waals surface area contributed by atoms with Crippen LogP contribution in [0.2, 0.25) is 0 Å². The molecule has 0 saturated heterocycles. The molecule has 0 unspecified atom stereocenters. The molecule has 0 aliphatic carbocycles. The highest BCUT2D eigenvalue weighted by Crippen LogP contribution is 1.99. The molecule has 98 valence electrons. The third-order valence-corrected chi connectivity index (χ3v) is 2.46. The van der Waals surface area contributed by atoms with E-state index in [1.54, 1.807) is 0 Å². The third-order valence-electron chi connectivity index (χ3n) is 2.46. The van der Waals surface area contributed by atoms with Crippen LogP contribution in [0.4, 0.5) is 0 Å². The highest BCUT2D eigenvalue weighted by atomic mass is 16.5. The van der Waals surface area contributed by atoms with Gasteiger partial charge in [0.2, 0.25) is 0 Å². The molecule has 1 heterocycles. The van der Waals surface area contributed by atoms with Gasteiger partial charge in [0.25, 0.3) is 0 Å². The lowest BCUT2D eigenvalue weighted by molar-refractivity contribution is 0.123. The van der Waals surface area contributed by atoms with Crippen LogP contribution in [-0.4, -0.2) is 29.5 Å². The molecule has 17 heavy (non-hydrogen) atoms. The van der Waals surface area contributed by atoms with Crippen molar-refractivity contribution in [1.29, 1.82) is 0 Å². The molecule has 1 aromatic rings. The number of ether oxygens (including phenoxy) is 1. The number of hydrogen-bond acceptors (Lipinski definition) is 3. The molecular formula is C13H25N3O. The van der Waals surface area contributed by atoms with E-state index in [0.717, 1.165) is 39.3 Å². The van der Waals surface area contributed by atoms with Gasteiger partial charge in [0.15, 0.2) is 0 Å². The molecule has 0 fully saturated rings. The smallest absolute Gasteiger partial charge is 0.0662 e. The maximum absolute atomic E-state index is 5.47. The molecule has 0 aromatic carbocycles. The van der Waals surface area contributed by atoms with Crippen molar-refractivity contribution in [1.82, 2.24) is 15.1 Å². The zero-order valence-electron chi connectivity index (χ0n) is 11.3. The largest absolute Gasteiger partial charge is 0.380 e. The van der Waals surface area contributed by atoms with Crippen LogP contribution in [0, 0.1) is 5.92 Å². The summed E-state index contributed by atoms with van der Waals surface area (Å²) in [6.45, 7) is 10.9. The van der Waals surface area contributed by atoms with Crippen molar-refractivity contribution in [2.24, 2.45) is 5.92 Å². The fourth-order valence-corrected chi connectivity index (χ4v) is 1.60. The number of aromatic nitrogens is 2. The Morgan fingerprint density at radius 1 is 1.41 bits per heavy atom. The molecule has 1 N–H and O–H groups in total. The zero-order valence-corrected chi connectivity index (χ0v) is 11.3. The van der Waals surface area contributed by atoms with Crippen LogP contribution < -0.4 is 5.32 Å². The van der Waals surface area contributed by atoms with Crippen LogP contribution >= 0.6 is 0 Å². The van der Waals surface area contributed by atoms with Crippen molar-refractivity contribution in [3.8, 4) is 0 Å². The lowest BCUT2D eigenvalue weighted by Gasteiger charge is -2.10. The van der Waals surface area contributed by atoms with E-state index in [2.05, 4.69) is 37.3 Å².